The van der Waals surface area contributed by atoms with Crippen LogP contribution in [-0.2, 0) is 13.1 Å². The maximum atomic E-state index is 4.52. The van der Waals surface area contributed by atoms with Crippen molar-refractivity contribution in [2.24, 2.45) is 0 Å². The number of pyridine rings is 1. The van der Waals surface area contributed by atoms with E-state index in [1.807, 2.05) is 36.8 Å². The Hall–Kier alpha value is -2.01. The molecule has 0 spiro atoms. The number of hydrogen-bond donors (Lipinski definition) is 1. The van der Waals surface area contributed by atoms with Crippen LogP contribution in [-0.4, -0.2) is 27.5 Å². The van der Waals surface area contributed by atoms with Gasteiger partial charge in [-0.05, 0) is 19.1 Å². The van der Waals surface area contributed by atoms with Crippen molar-refractivity contribution in [2.75, 3.05) is 11.4 Å². The highest BCUT2D eigenvalue weighted by molar-refractivity contribution is 5.36. The molecule has 0 saturated carbocycles. The zero-order valence-electron chi connectivity index (χ0n) is 13.0. The van der Waals surface area contributed by atoms with Crippen molar-refractivity contribution in [1.82, 2.24) is 20.3 Å². The number of anilines is 1. The predicted molar refractivity (Wildman–Crippen MR) is 85.0 cm³/mol. The monoisotopic (exact) mass is 285 g/mol. The summed E-state index contributed by atoms with van der Waals surface area (Å²) in [4.78, 5) is 15.5. The first-order valence-corrected chi connectivity index (χ1v) is 7.38. The number of hydrogen-bond acceptors (Lipinski definition) is 5. The lowest BCUT2D eigenvalue weighted by Gasteiger charge is -2.21. The molecule has 0 aromatic carbocycles. The van der Waals surface area contributed by atoms with E-state index in [9.17, 15) is 0 Å². The molecular weight excluding hydrogens is 262 g/mol. The van der Waals surface area contributed by atoms with Gasteiger partial charge in [-0.3, -0.25) is 9.97 Å². The largest absolute Gasteiger partial charge is 0.350 e. The molecule has 0 aliphatic heterocycles. The summed E-state index contributed by atoms with van der Waals surface area (Å²) in [5.41, 5.74) is 1.99. The third-order valence-corrected chi connectivity index (χ3v) is 3.17. The molecular formula is C16H23N5. The van der Waals surface area contributed by atoms with Gasteiger partial charge in [0.2, 0.25) is 0 Å². The summed E-state index contributed by atoms with van der Waals surface area (Å²) in [5.74, 6) is 0.886. The van der Waals surface area contributed by atoms with E-state index in [1.165, 1.54) is 0 Å². The van der Waals surface area contributed by atoms with Crippen LogP contribution in [0.1, 0.15) is 32.2 Å². The summed E-state index contributed by atoms with van der Waals surface area (Å²) >= 11 is 0. The van der Waals surface area contributed by atoms with Crippen LogP contribution in [0.5, 0.6) is 0 Å². The molecule has 2 rings (SSSR count). The van der Waals surface area contributed by atoms with Gasteiger partial charge < -0.3 is 10.2 Å². The Morgan fingerprint density at radius 2 is 1.95 bits per heavy atom. The minimum absolute atomic E-state index is 0.447. The van der Waals surface area contributed by atoms with Crippen LogP contribution in [0.3, 0.4) is 0 Å². The second kappa shape index (κ2) is 7.69. The Labute approximate surface area is 126 Å². The average Bonchev–Trinajstić information content (AvgIpc) is 2.52. The molecule has 1 N–H and O–H groups in total. The molecule has 0 bridgehead atoms. The Kier molecular flexibility index (Phi) is 5.63. The summed E-state index contributed by atoms with van der Waals surface area (Å²) in [6, 6.07) is 6.40. The summed E-state index contributed by atoms with van der Waals surface area (Å²) in [6.45, 7) is 8.71. The summed E-state index contributed by atoms with van der Waals surface area (Å²) in [6.07, 6.45) is 5.49. The molecule has 21 heavy (non-hydrogen) atoms. The molecule has 0 radical (unpaired) electrons. The maximum Gasteiger partial charge on any atom is 0.147 e. The van der Waals surface area contributed by atoms with E-state index in [0.29, 0.717) is 6.04 Å². The quantitative estimate of drug-likeness (QED) is 0.846. The first kappa shape index (κ1) is 15.4. The van der Waals surface area contributed by atoms with Crippen molar-refractivity contribution in [3.63, 3.8) is 0 Å². The van der Waals surface area contributed by atoms with Crippen LogP contribution in [0.2, 0.25) is 0 Å². The molecule has 0 atom stereocenters. The second-order valence-corrected chi connectivity index (χ2v) is 5.24. The van der Waals surface area contributed by atoms with E-state index < -0.39 is 0 Å². The third-order valence-electron chi connectivity index (χ3n) is 3.17. The lowest BCUT2D eigenvalue weighted by atomic mass is 10.3. The van der Waals surface area contributed by atoms with Crippen molar-refractivity contribution in [3.05, 3.63) is 48.2 Å². The first-order valence-electron chi connectivity index (χ1n) is 7.38. The molecule has 0 saturated heterocycles. The van der Waals surface area contributed by atoms with Gasteiger partial charge in [0.15, 0.2) is 0 Å². The molecule has 2 aromatic heterocycles. The molecule has 112 valence electrons. The number of aromatic nitrogens is 3. The topological polar surface area (TPSA) is 53.9 Å². The van der Waals surface area contributed by atoms with Crippen LogP contribution in [0, 0.1) is 0 Å². The number of rotatable bonds is 7. The van der Waals surface area contributed by atoms with Gasteiger partial charge >= 0.3 is 0 Å². The fourth-order valence-electron chi connectivity index (χ4n) is 1.95. The van der Waals surface area contributed by atoms with E-state index in [-0.39, 0.29) is 0 Å². The highest BCUT2D eigenvalue weighted by atomic mass is 15.2. The van der Waals surface area contributed by atoms with Gasteiger partial charge in [-0.25, -0.2) is 4.98 Å². The molecule has 0 aliphatic carbocycles. The van der Waals surface area contributed by atoms with Crippen molar-refractivity contribution >= 4 is 5.82 Å². The van der Waals surface area contributed by atoms with Gasteiger partial charge in [0.05, 0.1) is 30.3 Å². The Morgan fingerprint density at radius 3 is 2.52 bits per heavy atom. The Morgan fingerprint density at radius 1 is 1.10 bits per heavy atom. The second-order valence-electron chi connectivity index (χ2n) is 5.24. The van der Waals surface area contributed by atoms with E-state index >= 15 is 0 Å². The van der Waals surface area contributed by atoms with E-state index in [2.05, 4.69) is 45.9 Å². The zero-order valence-corrected chi connectivity index (χ0v) is 13.0. The Bertz CT molecular complexity index is 524. The minimum atomic E-state index is 0.447. The van der Waals surface area contributed by atoms with Crippen molar-refractivity contribution < 1.29 is 0 Å². The smallest absolute Gasteiger partial charge is 0.147 e. The normalized spacial score (nSPS) is 10.9. The van der Waals surface area contributed by atoms with Gasteiger partial charge in [0.25, 0.3) is 0 Å². The maximum absolute atomic E-state index is 4.52. The van der Waals surface area contributed by atoms with Gasteiger partial charge in [-0.15, -0.1) is 0 Å². The minimum Gasteiger partial charge on any atom is -0.350 e. The van der Waals surface area contributed by atoms with Crippen molar-refractivity contribution in [2.45, 2.75) is 39.9 Å². The van der Waals surface area contributed by atoms with Crippen LogP contribution >= 0.6 is 0 Å². The highest BCUT2D eigenvalue weighted by Crippen LogP contribution is 2.12. The van der Waals surface area contributed by atoms with Crippen molar-refractivity contribution in [1.29, 1.82) is 0 Å². The van der Waals surface area contributed by atoms with E-state index in [1.54, 1.807) is 0 Å². The van der Waals surface area contributed by atoms with Crippen molar-refractivity contribution in [3.8, 4) is 0 Å². The SMILES string of the molecule is CCN(Cc1ccccn1)c1cnc(CNC(C)C)cn1. The zero-order chi connectivity index (χ0) is 15.1. The Balaban J connectivity index is 2.01. The molecule has 0 unspecified atom stereocenters. The van der Waals surface area contributed by atoms with E-state index in [4.69, 9.17) is 0 Å². The fraction of sp³-hybridized carbons (Fsp3) is 0.438. The lowest BCUT2D eigenvalue weighted by molar-refractivity contribution is 0.580. The molecule has 2 aromatic rings. The molecule has 0 amide bonds. The molecule has 0 fully saturated rings. The number of nitrogens with zero attached hydrogens (tertiary/aromatic N) is 4. The van der Waals surface area contributed by atoms with Gasteiger partial charge in [0.1, 0.15) is 5.82 Å². The van der Waals surface area contributed by atoms with E-state index in [0.717, 1.165) is 36.8 Å². The van der Waals surface area contributed by atoms with Gasteiger partial charge in [-0.1, -0.05) is 19.9 Å². The summed E-state index contributed by atoms with van der Waals surface area (Å²) in [5, 5.41) is 3.34. The lowest BCUT2D eigenvalue weighted by Crippen LogP contribution is -2.25. The first-order chi connectivity index (χ1) is 10.2. The number of nitrogens with one attached hydrogen (secondary N) is 1. The van der Waals surface area contributed by atoms with Gasteiger partial charge in [-0.2, -0.15) is 0 Å². The highest BCUT2D eigenvalue weighted by Gasteiger charge is 2.08. The summed E-state index contributed by atoms with van der Waals surface area (Å²) < 4.78 is 0. The molecule has 2 heterocycles. The van der Waals surface area contributed by atoms with Crippen LogP contribution in [0.25, 0.3) is 0 Å². The summed E-state index contributed by atoms with van der Waals surface area (Å²) in [7, 11) is 0. The fourth-order valence-corrected chi connectivity index (χ4v) is 1.95. The predicted octanol–water partition coefficient (Wildman–Crippen LogP) is 2.40. The van der Waals surface area contributed by atoms with Crippen LogP contribution in [0.15, 0.2) is 36.8 Å². The third kappa shape index (κ3) is 4.79. The van der Waals surface area contributed by atoms with Crippen LogP contribution in [0.4, 0.5) is 5.82 Å². The standard InChI is InChI=1S/C16H23N5/c1-4-21(12-14-7-5-6-8-17-14)16-11-19-15(10-20-16)9-18-13(2)3/h5-8,10-11,13,18H,4,9,12H2,1-3H3. The van der Waals surface area contributed by atoms with Crippen LogP contribution < -0.4 is 10.2 Å². The van der Waals surface area contributed by atoms with Gasteiger partial charge in [0, 0.05) is 25.3 Å². The molecule has 0 aliphatic rings. The molecule has 5 heteroatoms. The molecule has 5 nitrogen and oxygen atoms in total. The average molecular weight is 285 g/mol.